The molecule has 0 aliphatic heterocycles. The molecule has 0 heterocycles. The van der Waals surface area contributed by atoms with Crippen LogP contribution in [0.2, 0.25) is 4.47 Å². The van der Waals surface area contributed by atoms with Crippen molar-refractivity contribution in [3.05, 3.63) is 29.8 Å². The van der Waals surface area contributed by atoms with E-state index in [-0.39, 0.29) is 20.9 Å². The third-order valence-electron chi connectivity index (χ3n) is 1.57. The van der Waals surface area contributed by atoms with E-state index >= 15 is 0 Å². The van der Waals surface area contributed by atoms with Gasteiger partial charge in [0.05, 0.1) is 0 Å². The van der Waals surface area contributed by atoms with Crippen molar-refractivity contribution in [3.8, 4) is 0 Å². The Bertz CT molecular complexity index is 297. The van der Waals surface area contributed by atoms with E-state index in [2.05, 4.69) is 25.1 Å². The molecule has 0 radical (unpaired) electrons. The summed E-state index contributed by atoms with van der Waals surface area (Å²) >= 11 is -0.279. The number of rotatable bonds is 4. The van der Waals surface area contributed by atoms with Crippen molar-refractivity contribution in [1.29, 1.82) is 0 Å². The number of aliphatic carboxylic acids is 1. The summed E-state index contributed by atoms with van der Waals surface area (Å²) in [6, 6.07) is 8.35. The Labute approximate surface area is 88.0 Å². The van der Waals surface area contributed by atoms with Gasteiger partial charge in [-0.2, -0.15) is 0 Å². The fourth-order valence-corrected chi connectivity index (χ4v) is 3.69. The Kier molecular flexibility index (Phi) is 4.27. The van der Waals surface area contributed by atoms with Crippen LogP contribution in [0.1, 0.15) is 12.0 Å². The molecule has 0 fully saturated rings. The number of carbonyl (C=O) groups is 1. The van der Waals surface area contributed by atoms with Crippen molar-refractivity contribution in [2.75, 3.05) is 0 Å². The average Bonchev–Trinajstić information content (AvgIpc) is 2.03. The van der Waals surface area contributed by atoms with Gasteiger partial charge in [0, 0.05) is 0 Å². The summed E-state index contributed by atoms with van der Waals surface area (Å²) in [6.07, 6.45) is 0.316. The van der Waals surface area contributed by atoms with Crippen LogP contribution < -0.4 is 3.61 Å². The van der Waals surface area contributed by atoms with Crippen molar-refractivity contribution in [2.24, 2.45) is 0 Å². The van der Waals surface area contributed by atoms with Crippen molar-refractivity contribution < 1.29 is 9.90 Å². The first-order chi connectivity index (χ1) is 6.18. The number of benzene rings is 1. The van der Waals surface area contributed by atoms with Crippen LogP contribution in [0.4, 0.5) is 0 Å². The molecule has 1 aromatic carbocycles. The molecule has 0 saturated carbocycles. The third kappa shape index (κ3) is 4.31. The molecule has 0 aliphatic rings. The van der Waals surface area contributed by atoms with Crippen LogP contribution in [0, 0.1) is 6.92 Å². The molecule has 0 bridgehead atoms. The molecule has 70 valence electrons. The van der Waals surface area contributed by atoms with Gasteiger partial charge in [-0.1, -0.05) is 0 Å². The number of carboxylic acid groups (broad SMARTS) is 1. The van der Waals surface area contributed by atoms with Gasteiger partial charge in [0.15, 0.2) is 0 Å². The second kappa shape index (κ2) is 5.26. The van der Waals surface area contributed by atoms with Crippen LogP contribution in [0.5, 0.6) is 0 Å². The molecule has 0 unspecified atom stereocenters. The van der Waals surface area contributed by atoms with Crippen LogP contribution in [0.3, 0.4) is 0 Å². The molecule has 3 heteroatoms. The zero-order valence-electron chi connectivity index (χ0n) is 7.49. The van der Waals surface area contributed by atoms with E-state index in [1.165, 1.54) is 9.17 Å². The fraction of sp³-hybridized carbons (Fsp3) is 0.300. The van der Waals surface area contributed by atoms with E-state index in [0.29, 0.717) is 6.42 Å². The van der Waals surface area contributed by atoms with Crippen LogP contribution in [0.15, 0.2) is 24.3 Å². The monoisotopic (exact) mass is 294 g/mol. The van der Waals surface area contributed by atoms with Crippen molar-refractivity contribution in [3.63, 3.8) is 0 Å². The Morgan fingerprint density at radius 1 is 1.54 bits per heavy atom. The van der Waals surface area contributed by atoms with Gasteiger partial charge in [-0.3, -0.25) is 0 Å². The van der Waals surface area contributed by atoms with Gasteiger partial charge in [0.2, 0.25) is 0 Å². The second-order valence-electron chi connectivity index (χ2n) is 2.81. The molecular formula is C10H12O2Te. The van der Waals surface area contributed by atoms with Crippen LogP contribution in [-0.4, -0.2) is 32.0 Å². The standard InChI is InChI=1S/C10H12O2Te/c1-8-3-2-4-9(7-8)13-6-5-10(11)12/h2-4,7H,5-6H2,1H3,(H,11,12). The van der Waals surface area contributed by atoms with E-state index in [1.54, 1.807) is 0 Å². The van der Waals surface area contributed by atoms with Gasteiger partial charge in [-0.05, 0) is 0 Å². The summed E-state index contributed by atoms with van der Waals surface area (Å²) in [5, 5.41) is 8.47. The summed E-state index contributed by atoms with van der Waals surface area (Å²) in [7, 11) is 0. The maximum absolute atomic E-state index is 10.3. The first kappa shape index (κ1) is 10.6. The van der Waals surface area contributed by atoms with Gasteiger partial charge in [-0.25, -0.2) is 0 Å². The molecule has 0 aliphatic carbocycles. The zero-order valence-corrected chi connectivity index (χ0v) is 9.82. The van der Waals surface area contributed by atoms with E-state index in [1.807, 2.05) is 6.07 Å². The molecule has 0 aromatic heterocycles. The molecule has 0 atom stereocenters. The van der Waals surface area contributed by atoms with Crippen LogP contribution >= 0.6 is 0 Å². The van der Waals surface area contributed by atoms with E-state index in [0.717, 1.165) is 4.47 Å². The summed E-state index contributed by atoms with van der Waals surface area (Å²) in [4.78, 5) is 10.3. The van der Waals surface area contributed by atoms with Gasteiger partial charge in [-0.15, -0.1) is 0 Å². The minimum atomic E-state index is -0.683. The summed E-state index contributed by atoms with van der Waals surface area (Å²) < 4.78 is 2.20. The van der Waals surface area contributed by atoms with Crippen LogP contribution in [0.25, 0.3) is 0 Å². The number of hydrogen-bond donors (Lipinski definition) is 1. The normalized spacial score (nSPS) is 9.92. The van der Waals surface area contributed by atoms with Crippen molar-refractivity contribution >= 4 is 30.5 Å². The Hall–Kier alpha value is -0.520. The Morgan fingerprint density at radius 2 is 2.31 bits per heavy atom. The van der Waals surface area contributed by atoms with Gasteiger partial charge < -0.3 is 0 Å². The molecule has 13 heavy (non-hydrogen) atoms. The average molecular weight is 292 g/mol. The van der Waals surface area contributed by atoms with E-state index in [4.69, 9.17) is 5.11 Å². The fourth-order valence-electron chi connectivity index (χ4n) is 0.961. The zero-order chi connectivity index (χ0) is 9.68. The van der Waals surface area contributed by atoms with Crippen molar-refractivity contribution in [1.82, 2.24) is 0 Å². The van der Waals surface area contributed by atoms with Gasteiger partial charge in [0.1, 0.15) is 0 Å². The summed E-state index contributed by atoms with van der Waals surface area (Å²) in [6.45, 7) is 2.06. The number of hydrogen-bond acceptors (Lipinski definition) is 1. The maximum atomic E-state index is 10.3. The quantitative estimate of drug-likeness (QED) is 0.847. The Morgan fingerprint density at radius 3 is 2.92 bits per heavy atom. The number of aryl methyl sites for hydroxylation is 1. The predicted octanol–water partition coefficient (Wildman–Crippen LogP) is 1.22. The minimum absolute atomic E-state index is 0.279. The molecule has 2 nitrogen and oxygen atoms in total. The Balaban J connectivity index is 2.41. The molecule has 1 rings (SSSR count). The molecule has 0 spiro atoms. The van der Waals surface area contributed by atoms with E-state index in [9.17, 15) is 4.79 Å². The first-order valence-electron chi connectivity index (χ1n) is 4.10. The summed E-state index contributed by atoms with van der Waals surface area (Å²) in [5.74, 6) is -0.683. The van der Waals surface area contributed by atoms with Crippen molar-refractivity contribution in [2.45, 2.75) is 17.8 Å². The molecule has 0 amide bonds. The third-order valence-corrected chi connectivity index (χ3v) is 4.42. The predicted molar refractivity (Wildman–Crippen MR) is 53.6 cm³/mol. The molecule has 1 aromatic rings. The second-order valence-corrected chi connectivity index (χ2v) is 6.14. The SMILES string of the molecule is Cc1cccc([Te]CCC(=O)O)c1. The number of carboxylic acids is 1. The van der Waals surface area contributed by atoms with Gasteiger partial charge >= 0.3 is 88.0 Å². The molecular weight excluding hydrogens is 280 g/mol. The molecule has 0 saturated heterocycles. The topological polar surface area (TPSA) is 37.3 Å². The summed E-state index contributed by atoms with van der Waals surface area (Å²) in [5.41, 5.74) is 1.26. The van der Waals surface area contributed by atoms with Crippen LogP contribution in [-0.2, 0) is 4.79 Å². The van der Waals surface area contributed by atoms with Gasteiger partial charge in [0.25, 0.3) is 0 Å². The molecule has 1 N–H and O–H groups in total. The van der Waals surface area contributed by atoms with E-state index < -0.39 is 5.97 Å². The first-order valence-corrected chi connectivity index (χ1v) is 6.91.